The number of benzene rings is 1. The number of imidazole rings is 1. The lowest BCUT2D eigenvalue weighted by Crippen LogP contribution is -2.30. The minimum absolute atomic E-state index is 0.206. The summed E-state index contributed by atoms with van der Waals surface area (Å²) in [4.78, 5) is 21.3. The van der Waals surface area contributed by atoms with Crippen LogP contribution in [-0.2, 0) is 20.8 Å². The van der Waals surface area contributed by atoms with Gasteiger partial charge in [0.1, 0.15) is 5.82 Å². The lowest BCUT2D eigenvalue weighted by Gasteiger charge is -2.20. The van der Waals surface area contributed by atoms with E-state index in [0.717, 1.165) is 23.4 Å². The number of rotatable bonds is 8. The molecule has 1 N–H and O–H groups in total. The molecule has 0 saturated heterocycles. The summed E-state index contributed by atoms with van der Waals surface area (Å²) in [5.41, 5.74) is 1.97. The molecule has 1 aromatic carbocycles. The molecule has 0 bridgehead atoms. The number of carbonyl (C=O) groups excluding carboxylic acids is 1. The molecule has 0 aliphatic carbocycles. The lowest BCUT2D eigenvalue weighted by atomic mass is 10.3. The molecule has 1 heterocycles. The summed E-state index contributed by atoms with van der Waals surface area (Å²) in [6, 6.07) is 7.92. The summed E-state index contributed by atoms with van der Waals surface area (Å²) in [5, 5.41) is 0. The maximum atomic E-state index is 11.3. The first-order valence-electron chi connectivity index (χ1n) is 6.94. The lowest BCUT2D eigenvalue weighted by molar-refractivity contribution is -0.141. The van der Waals surface area contributed by atoms with Crippen LogP contribution in [0.2, 0.25) is 0 Å². The number of hydrogen-bond donors (Lipinski definition) is 1. The van der Waals surface area contributed by atoms with Crippen LogP contribution in [0.4, 0.5) is 0 Å². The molecule has 6 heteroatoms. The van der Waals surface area contributed by atoms with Crippen LogP contribution in [0.3, 0.4) is 0 Å². The zero-order valence-electron chi connectivity index (χ0n) is 12.5. The van der Waals surface area contributed by atoms with Crippen LogP contribution < -0.4 is 0 Å². The number of aromatic amines is 1. The molecule has 0 aliphatic heterocycles. The van der Waals surface area contributed by atoms with Gasteiger partial charge in [-0.2, -0.15) is 0 Å². The maximum absolute atomic E-state index is 11.3. The summed E-state index contributed by atoms with van der Waals surface area (Å²) in [6.07, 6.45) is 0.362. The van der Waals surface area contributed by atoms with E-state index in [2.05, 4.69) is 19.6 Å². The Morgan fingerprint density at radius 1 is 1.29 bits per heavy atom. The topological polar surface area (TPSA) is 67.4 Å². The van der Waals surface area contributed by atoms with Crippen LogP contribution in [0.1, 0.15) is 12.2 Å². The van der Waals surface area contributed by atoms with E-state index in [0.29, 0.717) is 26.1 Å². The Bertz CT molecular complexity index is 549. The highest BCUT2D eigenvalue weighted by Gasteiger charge is 2.11. The van der Waals surface area contributed by atoms with E-state index in [1.165, 1.54) is 7.11 Å². The van der Waals surface area contributed by atoms with Crippen LogP contribution in [-0.4, -0.2) is 54.8 Å². The van der Waals surface area contributed by atoms with Gasteiger partial charge >= 0.3 is 5.97 Å². The summed E-state index contributed by atoms with van der Waals surface area (Å²) in [6.45, 7) is 2.62. The number of H-pyrrole nitrogens is 1. The Morgan fingerprint density at radius 3 is 2.81 bits per heavy atom. The molecule has 0 amide bonds. The fraction of sp³-hybridized carbons (Fsp3) is 0.467. The highest BCUT2D eigenvalue weighted by molar-refractivity contribution is 5.74. The fourth-order valence-electron chi connectivity index (χ4n) is 2.13. The van der Waals surface area contributed by atoms with Crippen LogP contribution in [0.15, 0.2) is 24.3 Å². The summed E-state index contributed by atoms with van der Waals surface area (Å²) in [7, 11) is 3.07. The number of fused-ring (bicyclic) bond motifs is 1. The summed E-state index contributed by atoms with van der Waals surface area (Å²) in [5.74, 6) is 0.680. The maximum Gasteiger partial charge on any atom is 0.306 e. The molecule has 0 saturated carbocycles. The van der Waals surface area contributed by atoms with Crippen molar-refractivity contribution in [3.8, 4) is 0 Å². The first-order chi connectivity index (χ1) is 10.2. The first-order valence-corrected chi connectivity index (χ1v) is 6.94. The van der Waals surface area contributed by atoms with Gasteiger partial charge < -0.3 is 14.5 Å². The molecule has 2 rings (SSSR count). The van der Waals surface area contributed by atoms with Gasteiger partial charge in [-0.1, -0.05) is 12.1 Å². The minimum Gasteiger partial charge on any atom is -0.469 e. The van der Waals surface area contributed by atoms with E-state index >= 15 is 0 Å². The SMILES string of the molecule is COCCN(CCC(=O)OC)Cc1nc2ccccc2[nH]1. The van der Waals surface area contributed by atoms with E-state index in [4.69, 9.17) is 4.74 Å². The van der Waals surface area contributed by atoms with E-state index < -0.39 is 0 Å². The number of hydrogen-bond acceptors (Lipinski definition) is 5. The second-order valence-electron chi connectivity index (χ2n) is 4.80. The van der Waals surface area contributed by atoms with Gasteiger partial charge in [-0.25, -0.2) is 4.98 Å². The van der Waals surface area contributed by atoms with Gasteiger partial charge in [0.25, 0.3) is 0 Å². The monoisotopic (exact) mass is 291 g/mol. The minimum atomic E-state index is -0.206. The number of nitrogens with zero attached hydrogens (tertiary/aromatic N) is 2. The first kappa shape index (κ1) is 15.5. The van der Waals surface area contributed by atoms with Gasteiger partial charge in [0, 0.05) is 20.2 Å². The summed E-state index contributed by atoms with van der Waals surface area (Å²) >= 11 is 0. The smallest absolute Gasteiger partial charge is 0.306 e. The molecule has 0 unspecified atom stereocenters. The molecule has 0 atom stereocenters. The highest BCUT2D eigenvalue weighted by atomic mass is 16.5. The number of ether oxygens (including phenoxy) is 2. The van der Waals surface area contributed by atoms with Crippen LogP contribution in [0.25, 0.3) is 11.0 Å². The highest BCUT2D eigenvalue weighted by Crippen LogP contribution is 2.12. The van der Waals surface area contributed by atoms with Crippen molar-refractivity contribution >= 4 is 17.0 Å². The average molecular weight is 291 g/mol. The Labute approximate surface area is 124 Å². The van der Waals surface area contributed by atoms with Gasteiger partial charge in [-0.3, -0.25) is 9.69 Å². The van der Waals surface area contributed by atoms with Crippen molar-refractivity contribution in [3.63, 3.8) is 0 Å². The Hall–Kier alpha value is -1.92. The Kier molecular flexibility index (Phi) is 5.71. The molecular formula is C15H21N3O3. The normalized spacial score (nSPS) is 11.2. The van der Waals surface area contributed by atoms with Gasteiger partial charge in [-0.05, 0) is 12.1 Å². The summed E-state index contributed by atoms with van der Waals surface area (Å²) < 4.78 is 9.80. The van der Waals surface area contributed by atoms with Gasteiger partial charge in [0.05, 0.1) is 37.7 Å². The number of esters is 1. The van der Waals surface area contributed by atoms with Crippen LogP contribution in [0.5, 0.6) is 0 Å². The van der Waals surface area contributed by atoms with Crippen molar-refractivity contribution < 1.29 is 14.3 Å². The van der Waals surface area contributed by atoms with Crippen molar-refractivity contribution in [1.29, 1.82) is 0 Å². The molecule has 0 spiro atoms. The molecule has 0 aliphatic rings. The number of methoxy groups -OCH3 is 2. The van der Waals surface area contributed by atoms with Gasteiger partial charge in [0.2, 0.25) is 0 Å². The van der Waals surface area contributed by atoms with E-state index in [-0.39, 0.29) is 5.97 Å². The van der Waals surface area contributed by atoms with Crippen molar-refractivity contribution in [1.82, 2.24) is 14.9 Å². The molecule has 0 radical (unpaired) electrons. The van der Waals surface area contributed by atoms with Crippen LogP contribution in [0, 0.1) is 0 Å². The molecule has 114 valence electrons. The molecule has 2 aromatic rings. The molecule has 0 fully saturated rings. The number of aromatic nitrogens is 2. The molecular weight excluding hydrogens is 270 g/mol. The quantitative estimate of drug-likeness (QED) is 0.748. The van der Waals surface area contributed by atoms with Gasteiger partial charge in [0.15, 0.2) is 0 Å². The zero-order chi connectivity index (χ0) is 15.1. The third kappa shape index (κ3) is 4.54. The predicted octanol–water partition coefficient (Wildman–Crippen LogP) is 1.57. The number of carbonyl (C=O) groups is 1. The molecule has 1 aromatic heterocycles. The van der Waals surface area contributed by atoms with E-state index in [1.807, 2.05) is 24.3 Å². The van der Waals surface area contributed by atoms with Crippen molar-refractivity contribution in [2.75, 3.05) is 33.9 Å². The van der Waals surface area contributed by atoms with Crippen molar-refractivity contribution in [3.05, 3.63) is 30.1 Å². The third-order valence-corrected chi connectivity index (χ3v) is 3.28. The Balaban J connectivity index is 2.00. The number of para-hydroxylation sites is 2. The third-order valence-electron chi connectivity index (χ3n) is 3.28. The second-order valence-corrected chi connectivity index (χ2v) is 4.80. The predicted molar refractivity (Wildman–Crippen MR) is 79.9 cm³/mol. The number of nitrogens with one attached hydrogen (secondary N) is 1. The average Bonchev–Trinajstić information content (AvgIpc) is 2.91. The van der Waals surface area contributed by atoms with Crippen molar-refractivity contribution in [2.45, 2.75) is 13.0 Å². The van der Waals surface area contributed by atoms with E-state index in [9.17, 15) is 4.79 Å². The largest absolute Gasteiger partial charge is 0.469 e. The Morgan fingerprint density at radius 2 is 2.10 bits per heavy atom. The fourth-order valence-corrected chi connectivity index (χ4v) is 2.13. The van der Waals surface area contributed by atoms with E-state index in [1.54, 1.807) is 7.11 Å². The second kappa shape index (κ2) is 7.75. The standard InChI is InChI=1S/C15H21N3O3/c1-20-10-9-18(8-7-15(19)21-2)11-14-16-12-5-3-4-6-13(12)17-14/h3-6H,7-11H2,1-2H3,(H,16,17). The zero-order valence-corrected chi connectivity index (χ0v) is 12.5. The van der Waals surface area contributed by atoms with Crippen LogP contribution >= 0.6 is 0 Å². The van der Waals surface area contributed by atoms with Gasteiger partial charge in [-0.15, -0.1) is 0 Å². The van der Waals surface area contributed by atoms with Crippen molar-refractivity contribution in [2.24, 2.45) is 0 Å². The molecule has 21 heavy (non-hydrogen) atoms. The molecule has 6 nitrogen and oxygen atoms in total.